The van der Waals surface area contributed by atoms with Crippen molar-refractivity contribution < 1.29 is 4.79 Å². The van der Waals surface area contributed by atoms with Crippen LogP contribution in [0.4, 0.5) is 0 Å². The number of hydrogen-bond donors (Lipinski definition) is 1. The third kappa shape index (κ3) is 4.52. The van der Waals surface area contributed by atoms with Gasteiger partial charge in [-0.05, 0) is 44.9 Å². The van der Waals surface area contributed by atoms with Crippen LogP contribution in [0.2, 0.25) is 0 Å². The maximum atomic E-state index is 13.0. The Bertz CT molecular complexity index is 1220. The fourth-order valence-corrected chi connectivity index (χ4v) is 4.20. The van der Waals surface area contributed by atoms with Gasteiger partial charge in [0.1, 0.15) is 0 Å². The molecule has 0 spiro atoms. The molecule has 5 nitrogen and oxygen atoms in total. The number of nitrogens with one attached hydrogen (secondary N) is 1. The fourth-order valence-electron chi connectivity index (χ4n) is 4.20. The lowest BCUT2D eigenvalue weighted by atomic mass is 10.1. The Hall–Kier alpha value is -3.60. The highest BCUT2D eigenvalue weighted by Crippen LogP contribution is 2.19. The number of nitrogens with zero attached hydrogens (tertiary/aromatic N) is 3. The van der Waals surface area contributed by atoms with Gasteiger partial charge in [-0.25, -0.2) is 0 Å². The smallest absolute Gasteiger partial charge is 0.253 e. The van der Waals surface area contributed by atoms with Crippen LogP contribution in [-0.2, 0) is 19.6 Å². The van der Waals surface area contributed by atoms with Crippen molar-refractivity contribution in [3.8, 4) is 0 Å². The first-order chi connectivity index (χ1) is 15.4. The second kappa shape index (κ2) is 9.27. The molecular weight excluding hydrogens is 396 g/mol. The molecule has 0 aliphatic heterocycles. The van der Waals surface area contributed by atoms with Crippen molar-refractivity contribution in [1.82, 2.24) is 19.7 Å². The van der Waals surface area contributed by atoms with Crippen LogP contribution in [0.3, 0.4) is 0 Å². The highest BCUT2D eigenvalue weighted by Gasteiger charge is 2.18. The van der Waals surface area contributed by atoms with Crippen LogP contribution in [0.15, 0.2) is 66.7 Å². The minimum Gasteiger partial charge on any atom is -0.348 e. The van der Waals surface area contributed by atoms with E-state index in [1.54, 1.807) is 0 Å². The van der Waals surface area contributed by atoms with E-state index in [0.717, 1.165) is 47.0 Å². The summed E-state index contributed by atoms with van der Waals surface area (Å²) in [7, 11) is 0. The van der Waals surface area contributed by atoms with Crippen molar-refractivity contribution in [3.63, 3.8) is 0 Å². The van der Waals surface area contributed by atoms with Crippen molar-refractivity contribution in [1.29, 1.82) is 0 Å². The largest absolute Gasteiger partial charge is 0.348 e. The third-order valence-corrected chi connectivity index (χ3v) is 6.13. The predicted molar refractivity (Wildman–Crippen MR) is 128 cm³/mol. The summed E-state index contributed by atoms with van der Waals surface area (Å²) >= 11 is 0. The summed E-state index contributed by atoms with van der Waals surface area (Å²) in [6, 6.07) is 22.6. The van der Waals surface area contributed by atoms with Crippen molar-refractivity contribution in [2.75, 3.05) is 0 Å². The lowest BCUT2D eigenvalue weighted by Gasteiger charge is -2.10. The van der Waals surface area contributed by atoms with E-state index in [2.05, 4.69) is 48.0 Å². The first kappa shape index (κ1) is 21.6. The maximum absolute atomic E-state index is 13.0. The number of benzene rings is 2. The first-order valence-electron chi connectivity index (χ1n) is 11.0. The minimum absolute atomic E-state index is 0.0491. The molecule has 0 saturated heterocycles. The second-order valence-corrected chi connectivity index (χ2v) is 8.33. The SMILES string of the molecule is Cc1nn(Cc2ccccc2)c(C)c1CNC(=O)c1cc(C)n(Cc2ccccc2)c1C. The molecule has 0 radical (unpaired) electrons. The van der Waals surface area contributed by atoms with Gasteiger partial charge in [-0.15, -0.1) is 0 Å². The summed E-state index contributed by atoms with van der Waals surface area (Å²) in [5, 5.41) is 7.81. The number of rotatable bonds is 7. The highest BCUT2D eigenvalue weighted by molar-refractivity contribution is 5.95. The number of hydrogen-bond acceptors (Lipinski definition) is 2. The number of aryl methyl sites for hydroxylation is 2. The Morgan fingerprint density at radius 3 is 2.06 bits per heavy atom. The van der Waals surface area contributed by atoms with Gasteiger partial charge in [0, 0.05) is 35.7 Å². The average molecular weight is 427 g/mol. The Balaban J connectivity index is 1.47. The number of carbonyl (C=O) groups is 1. The van der Waals surface area contributed by atoms with Crippen LogP contribution < -0.4 is 5.32 Å². The third-order valence-electron chi connectivity index (χ3n) is 6.13. The molecule has 0 saturated carbocycles. The molecule has 32 heavy (non-hydrogen) atoms. The van der Waals surface area contributed by atoms with Gasteiger partial charge in [-0.1, -0.05) is 60.7 Å². The molecule has 4 aromatic rings. The van der Waals surface area contributed by atoms with E-state index in [4.69, 9.17) is 5.10 Å². The first-order valence-corrected chi connectivity index (χ1v) is 11.0. The number of aromatic nitrogens is 3. The topological polar surface area (TPSA) is 51.9 Å². The lowest BCUT2D eigenvalue weighted by molar-refractivity contribution is 0.0950. The fraction of sp³-hybridized carbons (Fsp3) is 0.259. The van der Waals surface area contributed by atoms with Crippen LogP contribution in [0.5, 0.6) is 0 Å². The lowest BCUT2D eigenvalue weighted by Crippen LogP contribution is -2.24. The Kier molecular flexibility index (Phi) is 6.26. The van der Waals surface area contributed by atoms with E-state index < -0.39 is 0 Å². The monoisotopic (exact) mass is 426 g/mol. The van der Waals surface area contributed by atoms with Gasteiger partial charge in [0.15, 0.2) is 0 Å². The van der Waals surface area contributed by atoms with Crippen LogP contribution >= 0.6 is 0 Å². The molecule has 2 heterocycles. The van der Waals surface area contributed by atoms with E-state index in [1.807, 2.05) is 61.0 Å². The van der Waals surface area contributed by atoms with Crippen LogP contribution in [0.1, 0.15) is 49.8 Å². The molecule has 1 N–H and O–H groups in total. The normalized spacial score (nSPS) is 11.0. The van der Waals surface area contributed by atoms with Gasteiger partial charge >= 0.3 is 0 Å². The number of carbonyl (C=O) groups excluding carboxylic acids is 1. The van der Waals surface area contributed by atoms with Crippen molar-refractivity contribution >= 4 is 5.91 Å². The van der Waals surface area contributed by atoms with Gasteiger partial charge in [-0.3, -0.25) is 9.48 Å². The molecule has 0 fully saturated rings. The molecule has 0 bridgehead atoms. The van der Waals surface area contributed by atoms with E-state index >= 15 is 0 Å². The Morgan fingerprint density at radius 1 is 0.844 bits per heavy atom. The summed E-state index contributed by atoms with van der Waals surface area (Å²) in [5.74, 6) is -0.0491. The molecule has 4 rings (SSSR count). The summed E-state index contributed by atoms with van der Waals surface area (Å²) in [6.07, 6.45) is 0. The van der Waals surface area contributed by atoms with Crippen molar-refractivity contribution in [2.45, 2.75) is 47.3 Å². The summed E-state index contributed by atoms with van der Waals surface area (Å²) in [6.45, 7) is 10.1. The predicted octanol–water partition coefficient (Wildman–Crippen LogP) is 4.94. The van der Waals surface area contributed by atoms with E-state index in [1.165, 1.54) is 11.1 Å². The maximum Gasteiger partial charge on any atom is 0.253 e. The molecule has 0 aliphatic rings. The van der Waals surface area contributed by atoms with Gasteiger partial charge in [0.2, 0.25) is 0 Å². The molecule has 164 valence electrons. The van der Waals surface area contributed by atoms with Crippen LogP contribution in [0, 0.1) is 27.7 Å². The zero-order valence-electron chi connectivity index (χ0n) is 19.2. The Morgan fingerprint density at radius 2 is 1.44 bits per heavy atom. The highest BCUT2D eigenvalue weighted by atomic mass is 16.1. The van der Waals surface area contributed by atoms with Crippen molar-refractivity contribution in [2.24, 2.45) is 0 Å². The van der Waals surface area contributed by atoms with E-state index in [9.17, 15) is 4.79 Å². The molecule has 5 heteroatoms. The molecule has 0 unspecified atom stereocenters. The zero-order valence-corrected chi connectivity index (χ0v) is 19.2. The summed E-state index contributed by atoms with van der Waals surface area (Å²) in [5.41, 5.74) is 8.33. The van der Waals surface area contributed by atoms with Crippen molar-refractivity contribution in [3.05, 3.63) is 112 Å². The van der Waals surface area contributed by atoms with Gasteiger partial charge < -0.3 is 9.88 Å². The Labute approximate surface area is 189 Å². The van der Waals surface area contributed by atoms with Gasteiger partial charge in [-0.2, -0.15) is 5.10 Å². The second-order valence-electron chi connectivity index (χ2n) is 8.33. The quantitative estimate of drug-likeness (QED) is 0.455. The molecular formula is C27H30N4O. The molecule has 2 aromatic heterocycles. The van der Waals surface area contributed by atoms with Gasteiger partial charge in [0.25, 0.3) is 5.91 Å². The standard InChI is InChI=1S/C27H30N4O/c1-19-15-25(21(3)30(19)17-23-11-7-5-8-12-23)27(32)28-16-26-20(2)29-31(22(26)4)18-24-13-9-6-10-14-24/h5-15H,16-18H2,1-4H3,(H,28,32). The minimum atomic E-state index is -0.0491. The molecule has 0 aliphatic carbocycles. The summed E-state index contributed by atoms with van der Waals surface area (Å²) < 4.78 is 4.20. The number of amides is 1. The van der Waals surface area contributed by atoms with Crippen LogP contribution in [-0.4, -0.2) is 20.3 Å². The molecule has 1 amide bonds. The van der Waals surface area contributed by atoms with E-state index in [-0.39, 0.29) is 5.91 Å². The van der Waals surface area contributed by atoms with Crippen LogP contribution in [0.25, 0.3) is 0 Å². The zero-order chi connectivity index (χ0) is 22.7. The average Bonchev–Trinajstić information content (AvgIpc) is 3.23. The molecule has 2 aromatic carbocycles. The van der Waals surface area contributed by atoms with Gasteiger partial charge in [0.05, 0.1) is 17.8 Å². The van der Waals surface area contributed by atoms with E-state index in [0.29, 0.717) is 6.54 Å². The molecule has 0 atom stereocenters. The summed E-state index contributed by atoms with van der Waals surface area (Å²) in [4.78, 5) is 13.0.